The zero-order valence-corrected chi connectivity index (χ0v) is 6.14. The van der Waals surface area contributed by atoms with Crippen LogP contribution in [0.25, 0.3) is 0 Å². The van der Waals surface area contributed by atoms with Gasteiger partial charge in [-0.1, -0.05) is 6.92 Å². The van der Waals surface area contributed by atoms with E-state index in [0.29, 0.717) is 5.90 Å². The highest BCUT2D eigenvalue weighted by molar-refractivity contribution is 5.88. The van der Waals surface area contributed by atoms with E-state index in [1.165, 1.54) is 0 Å². The Morgan fingerprint density at radius 3 is 3.10 bits per heavy atom. The van der Waals surface area contributed by atoms with Crippen molar-refractivity contribution in [2.24, 2.45) is 5.10 Å². The molecule has 0 aromatic rings. The van der Waals surface area contributed by atoms with Crippen LogP contribution in [0.3, 0.4) is 0 Å². The van der Waals surface area contributed by atoms with Crippen LogP contribution in [0.15, 0.2) is 16.9 Å². The molecule has 0 spiro atoms. The Balaban J connectivity index is 2.61. The van der Waals surface area contributed by atoms with Crippen molar-refractivity contribution in [1.82, 2.24) is 11.0 Å². The zero-order chi connectivity index (χ0) is 7.40. The Morgan fingerprint density at radius 1 is 1.70 bits per heavy atom. The van der Waals surface area contributed by atoms with E-state index in [-0.39, 0.29) is 0 Å². The first-order chi connectivity index (χ1) is 4.86. The van der Waals surface area contributed by atoms with Crippen molar-refractivity contribution in [2.75, 3.05) is 7.11 Å². The van der Waals surface area contributed by atoms with Gasteiger partial charge in [-0.2, -0.15) is 0 Å². The summed E-state index contributed by atoms with van der Waals surface area (Å²) < 4.78 is 4.89. The molecule has 0 bridgehead atoms. The van der Waals surface area contributed by atoms with Gasteiger partial charge in [-0.15, -0.1) is 5.10 Å². The van der Waals surface area contributed by atoms with Crippen LogP contribution in [-0.2, 0) is 4.74 Å². The summed E-state index contributed by atoms with van der Waals surface area (Å²) in [4.78, 5) is 0. The van der Waals surface area contributed by atoms with Gasteiger partial charge in [0.2, 0.25) is 5.90 Å². The third-order valence-corrected chi connectivity index (χ3v) is 1.27. The fourth-order valence-electron chi connectivity index (χ4n) is 0.667. The highest BCUT2D eigenvalue weighted by atomic mass is 16.5. The van der Waals surface area contributed by atoms with E-state index in [4.69, 9.17) is 4.74 Å². The minimum Gasteiger partial charge on any atom is -0.480 e. The number of nitrogens with one attached hydrogen (secondary N) is 2. The van der Waals surface area contributed by atoms with Crippen molar-refractivity contribution in [1.29, 1.82) is 0 Å². The van der Waals surface area contributed by atoms with Gasteiger partial charge in [0.05, 0.1) is 7.11 Å². The third kappa shape index (κ3) is 1.40. The Labute approximate surface area is 59.9 Å². The number of ether oxygens (including phenoxy) is 1. The Morgan fingerprint density at radius 2 is 2.50 bits per heavy atom. The highest BCUT2D eigenvalue weighted by Crippen LogP contribution is 1.98. The predicted molar refractivity (Wildman–Crippen MR) is 39.1 cm³/mol. The number of hydrazine groups is 1. The lowest BCUT2D eigenvalue weighted by Gasteiger charge is -2.13. The lowest BCUT2D eigenvalue weighted by atomic mass is 10.3. The summed E-state index contributed by atoms with van der Waals surface area (Å²) in [5, 5.41) is 3.80. The first-order valence-corrected chi connectivity index (χ1v) is 3.20. The normalized spacial score (nSPS) is 16.2. The SMILES string of the molecule is CCC1=CC(OC)=NNN1. The summed E-state index contributed by atoms with van der Waals surface area (Å²) in [5.74, 6) is 0.607. The van der Waals surface area contributed by atoms with Crippen LogP contribution in [0.1, 0.15) is 13.3 Å². The van der Waals surface area contributed by atoms with Gasteiger partial charge in [0.25, 0.3) is 0 Å². The van der Waals surface area contributed by atoms with Gasteiger partial charge < -0.3 is 4.74 Å². The predicted octanol–water partition coefficient (Wildman–Crippen LogP) is 0.348. The number of rotatable bonds is 1. The van der Waals surface area contributed by atoms with Gasteiger partial charge in [-0.25, -0.2) is 5.53 Å². The van der Waals surface area contributed by atoms with Crippen molar-refractivity contribution in [2.45, 2.75) is 13.3 Å². The van der Waals surface area contributed by atoms with Crippen LogP contribution in [0.5, 0.6) is 0 Å². The maximum Gasteiger partial charge on any atom is 0.234 e. The van der Waals surface area contributed by atoms with Gasteiger partial charge in [0.1, 0.15) is 0 Å². The molecular weight excluding hydrogens is 130 g/mol. The monoisotopic (exact) mass is 141 g/mol. The van der Waals surface area contributed by atoms with Crippen molar-refractivity contribution in [3.8, 4) is 0 Å². The van der Waals surface area contributed by atoms with E-state index in [0.717, 1.165) is 12.1 Å². The van der Waals surface area contributed by atoms with Crippen LogP contribution < -0.4 is 11.0 Å². The Bertz CT molecular complexity index is 174. The molecule has 1 rings (SSSR count). The molecule has 4 heteroatoms. The minimum absolute atomic E-state index is 0.607. The zero-order valence-electron chi connectivity index (χ0n) is 6.14. The summed E-state index contributed by atoms with van der Waals surface area (Å²) in [7, 11) is 1.59. The van der Waals surface area contributed by atoms with E-state index in [1.807, 2.05) is 6.08 Å². The van der Waals surface area contributed by atoms with E-state index in [2.05, 4.69) is 23.0 Å². The minimum atomic E-state index is 0.607. The molecule has 0 fully saturated rings. The van der Waals surface area contributed by atoms with Gasteiger partial charge in [0.15, 0.2) is 0 Å². The second kappa shape index (κ2) is 3.10. The average Bonchev–Trinajstić information content (AvgIpc) is 2.05. The molecule has 0 amide bonds. The van der Waals surface area contributed by atoms with Crippen molar-refractivity contribution in [3.05, 3.63) is 11.8 Å². The maximum absolute atomic E-state index is 4.89. The second-order valence-electron chi connectivity index (χ2n) is 1.91. The molecular formula is C6H11N3O. The van der Waals surface area contributed by atoms with Gasteiger partial charge in [-0.3, -0.25) is 5.43 Å². The number of nitrogens with zero attached hydrogens (tertiary/aromatic N) is 1. The largest absolute Gasteiger partial charge is 0.480 e. The number of methoxy groups -OCH3 is 1. The molecule has 0 atom stereocenters. The first-order valence-electron chi connectivity index (χ1n) is 3.20. The molecule has 0 saturated carbocycles. The first kappa shape index (κ1) is 6.92. The van der Waals surface area contributed by atoms with Crippen LogP contribution in [0.4, 0.5) is 0 Å². The molecule has 0 unspecified atom stereocenters. The van der Waals surface area contributed by atoms with Crippen LogP contribution >= 0.6 is 0 Å². The molecule has 56 valence electrons. The van der Waals surface area contributed by atoms with Crippen LogP contribution in [0.2, 0.25) is 0 Å². The molecule has 1 aliphatic heterocycles. The van der Waals surface area contributed by atoms with E-state index in [1.54, 1.807) is 7.11 Å². The third-order valence-electron chi connectivity index (χ3n) is 1.27. The molecule has 0 aromatic carbocycles. The number of allylic oxidation sites excluding steroid dienone is 1. The standard InChI is InChI=1S/C6H11N3O/c1-3-5-4-6(10-2)8-9-7-5/h4,7,9H,3H2,1-2H3. The Hall–Kier alpha value is -1.19. The lowest BCUT2D eigenvalue weighted by Crippen LogP contribution is -2.31. The van der Waals surface area contributed by atoms with Crippen LogP contribution in [0, 0.1) is 0 Å². The number of hydrogen-bond acceptors (Lipinski definition) is 4. The van der Waals surface area contributed by atoms with Crippen molar-refractivity contribution in [3.63, 3.8) is 0 Å². The summed E-state index contributed by atoms with van der Waals surface area (Å²) >= 11 is 0. The summed E-state index contributed by atoms with van der Waals surface area (Å²) in [6.45, 7) is 2.05. The topological polar surface area (TPSA) is 45.6 Å². The molecule has 1 aliphatic rings. The molecule has 0 aliphatic carbocycles. The quantitative estimate of drug-likeness (QED) is 0.553. The van der Waals surface area contributed by atoms with Gasteiger partial charge >= 0.3 is 0 Å². The second-order valence-corrected chi connectivity index (χ2v) is 1.91. The smallest absolute Gasteiger partial charge is 0.234 e. The molecule has 2 N–H and O–H groups in total. The highest BCUT2D eigenvalue weighted by Gasteiger charge is 2.01. The lowest BCUT2D eigenvalue weighted by molar-refractivity contribution is 0.392. The fourth-order valence-corrected chi connectivity index (χ4v) is 0.667. The Kier molecular flexibility index (Phi) is 2.15. The maximum atomic E-state index is 4.89. The summed E-state index contributed by atoms with van der Waals surface area (Å²) in [5.41, 5.74) is 6.58. The molecule has 10 heavy (non-hydrogen) atoms. The molecule has 4 nitrogen and oxygen atoms in total. The fraction of sp³-hybridized carbons (Fsp3) is 0.500. The number of hydrogen-bond donors (Lipinski definition) is 2. The van der Waals surface area contributed by atoms with Crippen LogP contribution in [-0.4, -0.2) is 13.0 Å². The van der Waals surface area contributed by atoms with Gasteiger partial charge in [-0.05, 0) is 6.42 Å². The van der Waals surface area contributed by atoms with Crippen molar-refractivity contribution < 1.29 is 4.74 Å². The molecule has 0 radical (unpaired) electrons. The van der Waals surface area contributed by atoms with E-state index in [9.17, 15) is 0 Å². The number of hydrazone groups is 1. The molecule has 1 heterocycles. The van der Waals surface area contributed by atoms with E-state index >= 15 is 0 Å². The average molecular weight is 141 g/mol. The van der Waals surface area contributed by atoms with Crippen molar-refractivity contribution >= 4 is 5.90 Å². The molecule has 0 saturated heterocycles. The van der Waals surface area contributed by atoms with Gasteiger partial charge in [0, 0.05) is 11.8 Å². The van der Waals surface area contributed by atoms with E-state index < -0.39 is 0 Å². The summed E-state index contributed by atoms with van der Waals surface area (Å²) in [6, 6.07) is 0. The summed E-state index contributed by atoms with van der Waals surface area (Å²) in [6.07, 6.45) is 2.80. The molecule has 0 aromatic heterocycles.